The summed E-state index contributed by atoms with van der Waals surface area (Å²) >= 11 is 0. The van der Waals surface area contributed by atoms with Crippen LogP contribution in [-0.2, 0) is 10.1 Å². The number of halogens is 4. The van der Waals surface area contributed by atoms with E-state index in [0.717, 1.165) is 5.56 Å². The van der Waals surface area contributed by atoms with Crippen molar-refractivity contribution in [3.8, 4) is 11.5 Å². The molecule has 0 radical (unpaired) electrons. The quantitative estimate of drug-likeness (QED) is 0.314. The van der Waals surface area contributed by atoms with Crippen LogP contribution in [-0.4, -0.2) is 26.2 Å². The normalized spacial score (nSPS) is 11.3. The van der Waals surface area contributed by atoms with E-state index in [1.54, 1.807) is 30.3 Å². The molecule has 2 aromatic carbocycles. The highest BCUT2D eigenvalue weighted by Crippen LogP contribution is 2.32. The van der Waals surface area contributed by atoms with Crippen LogP contribution in [0.2, 0.25) is 0 Å². The molecule has 0 saturated carbocycles. The summed E-state index contributed by atoms with van der Waals surface area (Å²) in [4.78, 5) is -2.24. The van der Waals surface area contributed by atoms with Crippen LogP contribution in [0.15, 0.2) is 35.7 Å². The average molecular weight is 391 g/mol. The van der Waals surface area contributed by atoms with Gasteiger partial charge in [0.1, 0.15) is 34.0 Å². The third kappa shape index (κ3) is 4.14. The zero-order valence-electron chi connectivity index (χ0n) is 13.0. The second kappa shape index (κ2) is 7.75. The number of rotatable bonds is 7. The molecule has 140 valence electrons. The smallest absolute Gasteiger partial charge is 0.205 e. The maximum atomic E-state index is 13.7. The molecule has 0 aliphatic rings. The molecule has 0 saturated heterocycles. The van der Waals surface area contributed by atoms with Gasteiger partial charge in [0.15, 0.2) is 17.4 Å². The Morgan fingerprint density at radius 2 is 1.42 bits per heavy atom. The van der Waals surface area contributed by atoms with E-state index < -0.39 is 50.6 Å². The molecule has 10 heteroatoms. The van der Waals surface area contributed by atoms with Gasteiger partial charge < -0.3 is 14.0 Å². The van der Waals surface area contributed by atoms with E-state index in [1.165, 1.54) is 0 Å². The lowest BCUT2D eigenvalue weighted by molar-refractivity contribution is 0.199. The van der Waals surface area contributed by atoms with Gasteiger partial charge >= 0.3 is 0 Å². The second-order valence-corrected chi connectivity index (χ2v) is 6.15. The lowest BCUT2D eigenvalue weighted by atomic mass is 10.2. The predicted molar refractivity (Wildman–Crippen MR) is 81.8 cm³/mol. The predicted octanol–water partition coefficient (Wildman–Crippen LogP) is 3.25. The SMILES string of the molecule is C=Cc1ccc(OCCOc2c(F)c(F)c(S(=O)(=O)[O-])c(F)c2F)cc1. The molecule has 0 amide bonds. The fourth-order valence-corrected chi connectivity index (χ4v) is 2.56. The van der Waals surface area contributed by atoms with Gasteiger partial charge in [-0.2, -0.15) is 8.78 Å². The van der Waals surface area contributed by atoms with Crippen molar-refractivity contribution in [2.24, 2.45) is 0 Å². The molecular formula is C16H11F4O5S-. The summed E-state index contributed by atoms with van der Waals surface area (Å²) in [6, 6.07) is 6.56. The zero-order valence-corrected chi connectivity index (χ0v) is 13.8. The van der Waals surface area contributed by atoms with Crippen LogP contribution < -0.4 is 9.47 Å². The van der Waals surface area contributed by atoms with Crippen LogP contribution in [0.4, 0.5) is 17.6 Å². The van der Waals surface area contributed by atoms with Crippen LogP contribution >= 0.6 is 0 Å². The van der Waals surface area contributed by atoms with Gasteiger partial charge in [-0.15, -0.1) is 0 Å². The summed E-state index contributed by atoms with van der Waals surface area (Å²) in [6.45, 7) is 2.82. The van der Waals surface area contributed by atoms with Gasteiger partial charge in [-0.3, -0.25) is 0 Å². The molecule has 0 aromatic heterocycles. The topological polar surface area (TPSA) is 75.7 Å². The first-order chi connectivity index (χ1) is 12.2. The Morgan fingerprint density at radius 1 is 0.923 bits per heavy atom. The minimum Gasteiger partial charge on any atom is -0.744 e. The highest BCUT2D eigenvalue weighted by Gasteiger charge is 2.29. The molecule has 0 bridgehead atoms. The van der Waals surface area contributed by atoms with Gasteiger partial charge in [-0.25, -0.2) is 17.2 Å². The van der Waals surface area contributed by atoms with Crippen molar-refractivity contribution >= 4 is 16.2 Å². The number of hydrogen-bond donors (Lipinski definition) is 0. The fraction of sp³-hybridized carbons (Fsp3) is 0.125. The molecule has 2 aromatic rings. The van der Waals surface area contributed by atoms with E-state index in [4.69, 9.17) is 4.74 Å². The Kier molecular flexibility index (Phi) is 5.88. The third-order valence-corrected chi connectivity index (χ3v) is 4.01. The summed E-state index contributed by atoms with van der Waals surface area (Å²) in [5, 5.41) is 0. The van der Waals surface area contributed by atoms with Crippen molar-refractivity contribution in [1.82, 2.24) is 0 Å². The molecule has 0 N–H and O–H groups in total. The minimum atomic E-state index is -5.76. The van der Waals surface area contributed by atoms with E-state index in [-0.39, 0.29) is 6.61 Å². The van der Waals surface area contributed by atoms with Crippen LogP contribution in [0.25, 0.3) is 6.08 Å². The average Bonchev–Trinajstić information content (AvgIpc) is 2.59. The van der Waals surface area contributed by atoms with Gasteiger partial charge in [0.25, 0.3) is 0 Å². The van der Waals surface area contributed by atoms with Crippen molar-refractivity contribution in [3.05, 3.63) is 59.7 Å². The van der Waals surface area contributed by atoms with Gasteiger partial charge in [-0.05, 0) is 17.7 Å². The van der Waals surface area contributed by atoms with Gasteiger partial charge in [0, 0.05) is 0 Å². The molecule has 0 spiro atoms. The van der Waals surface area contributed by atoms with Crippen LogP contribution in [0.5, 0.6) is 11.5 Å². The molecule has 2 rings (SSSR count). The standard InChI is InChI=1S/C16H12F4O5S/c1-2-9-3-5-10(6-4-9)24-7-8-25-15-11(17)13(19)16(26(21,22)23)14(20)12(15)18/h2-6H,1,7-8H2,(H,21,22,23)/p-1. The van der Waals surface area contributed by atoms with E-state index >= 15 is 0 Å². The van der Waals surface area contributed by atoms with Gasteiger partial charge in [0.2, 0.25) is 11.6 Å². The van der Waals surface area contributed by atoms with E-state index in [0.29, 0.717) is 5.75 Å². The molecular weight excluding hydrogens is 380 g/mol. The highest BCUT2D eigenvalue weighted by atomic mass is 32.2. The summed E-state index contributed by atoms with van der Waals surface area (Å²) in [7, 11) is -5.76. The molecule has 0 aliphatic heterocycles. The first-order valence-corrected chi connectivity index (χ1v) is 8.37. The monoisotopic (exact) mass is 391 g/mol. The van der Waals surface area contributed by atoms with E-state index in [1.807, 2.05) is 0 Å². The first kappa shape index (κ1) is 19.7. The van der Waals surface area contributed by atoms with Crippen molar-refractivity contribution in [2.45, 2.75) is 4.90 Å². The Hall–Kier alpha value is -2.59. The maximum Gasteiger partial charge on any atom is 0.205 e. The lowest BCUT2D eigenvalue weighted by Crippen LogP contribution is -2.15. The summed E-state index contributed by atoms with van der Waals surface area (Å²) in [5.74, 6) is -10.1. The Bertz CT molecular complexity index is 898. The van der Waals surface area contributed by atoms with E-state index in [2.05, 4.69) is 11.3 Å². The Morgan fingerprint density at radius 3 is 1.88 bits per heavy atom. The van der Waals surface area contributed by atoms with Crippen molar-refractivity contribution < 1.29 is 40.0 Å². The second-order valence-electron chi connectivity index (χ2n) is 4.84. The number of hydrogen-bond acceptors (Lipinski definition) is 5. The van der Waals surface area contributed by atoms with Gasteiger partial charge in [0.05, 0.1) is 0 Å². The van der Waals surface area contributed by atoms with Crippen LogP contribution in [0.3, 0.4) is 0 Å². The number of benzene rings is 2. The number of ether oxygens (including phenoxy) is 2. The fourth-order valence-electron chi connectivity index (χ4n) is 1.94. The molecule has 5 nitrogen and oxygen atoms in total. The Labute approximate surface area is 146 Å². The molecule has 26 heavy (non-hydrogen) atoms. The van der Waals surface area contributed by atoms with Crippen molar-refractivity contribution in [2.75, 3.05) is 13.2 Å². The zero-order chi connectivity index (χ0) is 19.5. The van der Waals surface area contributed by atoms with Crippen molar-refractivity contribution in [3.63, 3.8) is 0 Å². The molecule has 0 unspecified atom stereocenters. The molecule has 0 aliphatic carbocycles. The van der Waals surface area contributed by atoms with Crippen LogP contribution in [0, 0.1) is 23.3 Å². The lowest BCUT2D eigenvalue weighted by Gasteiger charge is -2.15. The Balaban J connectivity index is 2.11. The minimum absolute atomic E-state index is 0.239. The molecule has 0 fully saturated rings. The third-order valence-electron chi connectivity index (χ3n) is 3.15. The molecule has 0 atom stereocenters. The van der Waals surface area contributed by atoms with Crippen molar-refractivity contribution in [1.29, 1.82) is 0 Å². The summed E-state index contributed by atoms with van der Waals surface area (Å²) in [5.41, 5.74) is 0.831. The van der Waals surface area contributed by atoms with E-state index in [9.17, 15) is 30.5 Å². The highest BCUT2D eigenvalue weighted by molar-refractivity contribution is 7.85. The summed E-state index contributed by atoms with van der Waals surface area (Å²) in [6.07, 6.45) is 1.60. The van der Waals surface area contributed by atoms with Crippen LogP contribution in [0.1, 0.15) is 5.56 Å². The first-order valence-electron chi connectivity index (χ1n) is 6.96. The molecule has 0 heterocycles. The summed E-state index contributed by atoms with van der Waals surface area (Å²) < 4.78 is 96.5. The maximum absolute atomic E-state index is 13.7. The largest absolute Gasteiger partial charge is 0.744 e. The van der Waals surface area contributed by atoms with Gasteiger partial charge in [-0.1, -0.05) is 24.8 Å².